The second-order valence-corrected chi connectivity index (χ2v) is 5.78. The molecule has 3 rings (SSSR count). The lowest BCUT2D eigenvalue weighted by atomic mass is 9.77. The Bertz CT molecular complexity index is 573. The van der Waals surface area contributed by atoms with Crippen LogP contribution in [0.3, 0.4) is 0 Å². The molecule has 1 amide bonds. The van der Waals surface area contributed by atoms with Gasteiger partial charge in [0, 0.05) is 25.6 Å². The molecule has 0 aromatic heterocycles. The van der Waals surface area contributed by atoms with E-state index in [1.165, 1.54) is 0 Å². The summed E-state index contributed by atoms with van der Waals surface area (Å²) in [5, 5.41) is 12.5. The van der Waals surface area contributed by atoms with Crippen LogP contribution in [0.4, 0.5) is 5.69 Å². The molecule has 1 saturated carbocycles. The number of benzene rings is 1. The molecule has 2 aliphatic rings. The van der Waals surface area contributed by atoms with Gasteiger partial charge in [-0.2, -0.15) is 0 Å². The Morgan fingerprint density at radius 2 is 2.19 bits per heavy atom. The van der Waals surface area contributed by atoms with E-state index < -0.39 is 0 Å². The second-order valence-electron chi connectivity index (χ2n) is 5.78. The summed E-state index contributed by atoms with van der Waals surface area (Å²) >= 11 is 0. The van der Waals surface area contributed by atoms with Crippen LogP contribution < -0.4 is 4.90 Å². The minimum atomic E-state index is -0.266. The first-order valence-electron chi connectivity index (χ1n) is 7.35. The molecule has 1 fully saturated rings. The zero-order valence-corrected chi connectivity index (χ0v) is 12.2. The lowest BCUT2D eigenvalue weighted by Crippen LogP contribution is -2.46. The number of methoxy groups -OCH3 is 1. The van der Waals surface area contributed by atoms with Gasteiger partial charge in [-0.15, -0.1) is 0 Å². The summed E-state index contributed by atoms with van der Waals surface area (Å²) in [5.74, 6) is 0.0842. The highest BCUT2D eigenvalue weighted by Gasteiger charge is 2.41. The Kier molecular flexibility index (Phi) is 3.68. The molecule has 0 spiro atoms. The van der Waals surface area contributed by atoms with E-state index in [0.29, 0.717) is 25.1 Å². The summed E-state index contributed by atoms with van der Waals surface area (Å²) < 4.78 is 5.55. The number of amides is 1. The predicted molar refractivity (Wildman–Crippen MR) is 79.9 cm³/mol. The standard InChI is InChI=1S/C16H20N2O3/c1-21-16(8-4-9-16)11-15(19)18-10-7-13(17-20)12-5-2-3-6-14(12)18/h2-3,5-6,20H,4,7-11H2,1H3/b17-13-. The van der Waals surface area contributed by atoms with Crippen molar-refractivity contribution in [1.29, 1.82) is 0 Å². The molecule has 0 bridgehead atoms. The number of anilines is 1. The Hall–Kier alpha value is -1.88. The summed E-state index contributed by atoms with van der Waals surface area (Å²) in [6.07, 6.45) is 4.02. The van der Waals surface area contributed by atoms with Gasteiger partial charge in [0.15, 0.2) is 0 Å². The monoisotopic (exact) mass is 288 g/mol. The number of nitrogens with zero attached hydrogens (tertiary/aromatic N) is 2. The van der Waals surface area contributed by atoms with Crippen LogP contribution in [-0.2, 0) is 9.53 Å². The highest BCUT2D eigenvalue weighted by molar-refractivity contribution is 6.11. The molecule has 0 radical (unpaired) electrons. The number of rotatable bonds is 3. The van der Waals surface area contributed by atoms with Crippen LogP contribution in [0, 0.1) is 0 Å². The van der Waals surface area contributed by atoms with E-state index in [2.05, 4.69) is 5.16 Å². The van der Waals surface area contributed by atoms with Crippen LogP contribution in [0.1, 0.15) is 37.7 Å². The molecule has 0 atom stereocenters. The van der Waals surface area contributed by atoms with Gasteiger partial charge in [0.2, 0.25) is 5.91 Å². The van der Waals surface area contributed by atoms with Gasteiger partial charge in [0.1, 0.15) is 0 Å². The molecule has 1 aliphatic heterocycles. The largest absolute Gasteiger partial charge is 0.411 e. The Morgan fingerprint density at radius 3 is 2.81 bits per heavy atom. The SMILES string of the molecule is COC1(CC(=O)N2CC/C(=N/O)c3ccccc32)CCC1. The molecule has 1 aromatic carbocycles. The normalized spacial score (nSPS) is 21.8. The molecule has 21 heavy (non-hydrogen) atoms. The fourth-order valence-corrected chi connectivity index (χ4v) is 3.18. The van der Waals surface area contributed by atoms with Gasteiger partial charge < -0.3 is 14.8 Å². The summed E-state index contributed by atoms with van der Waals surface area (Å²) in [5.41, 5.74) is 2.03. The first-order valence-corrected chi connectivity index (χ1v) is 7.35. The van der Waals surface area contributed by atoms with Gasteiger partial charge >= 0.3 is 0 Å². The number of para-hydroxylation sites is 1. The highest BCUT2D eigenvalue weighted by atomic mass is 16.5. The quantitative estimate of drug-likeness (QED) is 0.687. The zero-order valence-electron chi connectivity index (χ0n) is 12.2. The first-order chi connectivity index (χ1) is 10.2. The second kappa shape index (κ2) is 5.48. The van der Waals surface area contributed by atoms with E-state index in [1.54, 1.807) is 12.0 Å². The zero-order chi connectivity index (χ0) is 14.9. The molecule has 112 valence electrons. The van der Waals surface area contributed by atoms with Gasteiger partial charge in [-0.25, -0.2) is 0 Å². The lowest BCUT2D eigenvalue weighted by Gasteiger charge is -2.41. The number of carbonyl (C=O) groups is 1. The van der Waals surface area contributed by atoms with E-state index in [0.717, 1.165) is 30.5 Å². The molecule has 1 heterocycles. The number of carbonyl (C=O) groups excluding carboxylic acids is 1. The van der Waals surface area contributed by atoms with Crippen molar-refractivity contribution in [2.24, 2.45) is 5.16 Å². The van der Waals surface area contributed by atoms with E-state index >= 15 is 0 Å². The fourth-order valence-electron chi connectivity index (χ4n) is 3.18. The maximum Gasteiger partial charge on any atom is 0.229 e. The molecule has 5 nitrogen and oxygen atoms in total. The van der Waals surface area contributed by atoms with E-state index in [9.17, 15) is 4.79 Å². The average molecular weight is 288 g/mol. The Balaban J connectivity index is 1.84. The number of ether oxygens (including phenoxy) is 1. The molecule has 1 aliphatic carbocycles. The van der Waals surface area contributed by atoms with Crippen LogP contribution in [0.2, 0.25) is 0 Å². The van der Waals surface area contributed by atoms with Crippen molar-refractivity contribution in [2.75, 3.05) is 18.6 Å². The van der Waals surface area contributed by atoms with Gasteiger partial charge in [-0.3, -0.25) is 4.79 Å². The third-order valence-electron chi connectivity index (χ3n) is 4.67. The van der Waals surface area contributed by atoms with Crippen LogP contribution >= 0.6 is 0 Å². The lowest BCUT2D eigenvalue weighted by molar-refractivity contribution is -0.131. The van der Waals surface area contributed by atoms with Crippen LogP contribution in [0.15, 0.2) is 29.4 Å². The van der Waals surface area contributed by atoms with Gasteiger partial charge in [0.05, 0.1) is 23.4 Å². The van der Waals surface area contributed by atoms with Crippen molar-refractivity contribution in [3.8, 4) is 0 Å². The number of hydrogen-bond acceptors (Lipinski definition) is 4. The van der Waals surface area contributed by atoms with E-state index in [4.69, 9.17) is 9.94 Å². The van der Waals surface area contributed by atoms with Crippen LogP contribution in [0.5, 0.6) is 0 Å². The first kappa shape index (κ1) is 14.1. The minimum Gasteiger partial charge on any atom is -0.411 e. The third-order valence-corrected chi connectivity index (χ3v) is 4.67. The number of fused-ring (bicyclic) bond motifs is 1. The smallest absolute Gasteiger partial charge is 0.229 e. The van der Waals surface area contributed by atoms with Crippen molar-refractivity contribution in [1.82, 2.24) is 0 Å². The van der Waals surface area contributed by atoms with E-state index in [1.807, 2.05) is 24.3 Å². The predicted octanol–water partition coefficient (Wildman–Crippen LogP) is 2.56. The molecule has 0 unspecified atom stereocenters. The average Bonchev–Trinajstić information content (AvgIpc) is 2.49. The summed E-state index contributed by atoms with van der Waals surface area (Å²) in [4.78, 5) is 14.5. The Morgan fingerprint density at radius 1 is 1.43 bits per heavy atom. The fraction of sp³-hybridized carbons (Fsp3) is 0.500. The van der Waals surface area contributed by atoms with Crippen LogP contribution in [-0.4, -0.2) is 36.1 Å². The minimum absolute atomic E-state index is 0.0842. The van der Waals surface area contributed by atoms with Crippen molar-refractivity contribution >= 4 is 17.3 Å². The van der Waals surface area contributed by atoms with Crippen molar-refractivity contribution in [3.63, 3.8) is 0 Å². The summed E-state index contributed by atoms with van der Waals surface area (Å²) in [6, 6.07) is 7.58. The van der Waals surface area contributed by atoms with Crippen molar-refractivity contribution in [3.05, 3.63) is 29.8 Å². The van der Waals surface area contributed by atoms with Gasteiger partial charge in [0.25, 0.3) is 0 Å². The van der Waals surface area contributed by atoms with Crippen molar-refractivity contribution in [2.45, 2.75) is 37.7 Å². The summed E-state index contributed by atoms with van der Waals surface area (Å²) in [6.45, 7) is 0.551. The third kappa shape index (κ3) is 2.42. The van der Waals surface area contributed by atoms with E-state index in [-0.39, 0.29) is 11.5 Å². The van der Waals surface area contributed by atoms with Gasteiger partial charge in [-0.1, -0.05) is 23.4 Å². The number of oxime groups is 1. The van der Waals surface area contributed by atoms with Crippen molar-refractivity contribution < 1.29 is 14.7 Å². The molecular weight excluding hydrogens is 268 g/mol. The maximum atomic E-state index is 12.7. The molecule has 1 N–H and O–H groups in total. The summed E-state index contributed by atoms with van der Waals surface area (Å²) in [7, 11) is 1.69. The molecule has 1 aromatic rings. The van der Waals surface area contributed by atoms with Gasteiger partial charge in [-0.05, 0) is 25.3 Å². The number of hydrogen-bond donors (Lipinski definition) is 1. The molecule has 5 heteroatoms. The van der Waals surface area contributed by atoms with Crippen LogP contribution in [0.25, 0.3) is 0 Å². The molecular formula is C16H20N2O3. The molecule has 0 saturated heterocycles. The topological polar surface area (TPSA) is 62.1 Å². The highest BCUT2D eigenvalue weighted by Crippen LogP contribution is 2.39. The Labute approximate surface area is 124 Å². The maximum absolute atomic E-state index is 12.7.